The van der Waals surface area contributed by atoms with Crippen LogP contribution in [0.25, 0.3) is 0 Å². The maximum absolute atomic E-state index is 8.73. The third kappa shape index (κ3) is 2.64. The van der Waals surface area contributed by atoms with E-state index in [9.17, 15) is 0 Å². The van der Waals surface area contributed by atoms with Gasteiger partial charge in [0.05, 0.1) is 33.8 Å². The number of hydrogen-bond donors (Lipinski definition) is 2. The van der Waals surface area contributed by atoms with Crippen molar-refractivity contribution in [3.8, 4) is 0 Å². The number of hydrogen-bond acceptors (Lipinski definition) is 2. The number of aliphatic hydroxyl groups is 1. The van der Waals surface area contributed by atoms with Gasteiger partial charge >= 0.3 is 0 Å². The van der Waals surface area contributed by atoms with Crippen LogP contribution in [0.1, 0.15) is 6.92 Å². The van der Waals surface area contributed by atoms with Gasteiger partial charge in [0.25, 0.3) is 0 Å². The Hall–Kier alpha value is -0.120. The predicted octanol–water partition coefficient (Wildman–Crippen LogP) is -0.599. The number of nitrogens with two attached hydrogens (primary N) is 1. The van der Waals surface area contributed by atoms with E-state index in [0.717, 1.165) is 4.48 Å². The molecule has 2 atom stereocenters. The second-order valence-corrected chi connectivity index (χ2v) is 3.70. The average molecular weight is 147 g/mol. The van der Waals surface area contributed by atoms with Gasteiger partial charge in [-0.2, -0.15) is 0 Å². The first-order valence-corrected chi connectivity index (χ1v) is 3.57. The van der Waals surface area contributed by atoms with E-state index < -0.39 is 0 Å². The molecule has 0 rings (SSSR count). The molecule has 0 bridgehead atoms. The molecule has 0 amide bonds. The molecule has 2 unspecified atom stereocenters. The maximum atomic E-state index is 8.73. The molecule has 62 valence electrons. The molecule has 3 N–H and O–H groups in total. The fourth-order valence-electron chi connectivity index (χ4n) is 0.727. The highest BCUT2D eigenvalue weighted by Crippen LogP contribution is 2.04. The van der Waals surface area contributed by atoms with Crippen molar-refractivity contribution >= 4 is 0 Å². The lowest BCUT2D eigenvalue weighted by Crippen LogP contribution is -2.54. The first-order chi connectivity index (χ1) is 4.39. The molecule has 0 saturated carbocycles. The Kier molecular flexibility index (Phi) is 3.28. The van der Waals surface area contributed by atoms with Gasteiger partial charge in [-0.1, -0.05) is 0 Å². The van der Waals surface area contributed by atoms with Crippen LogP contribution in [-0.2, 0) is 0 Å². The second-order valence-electron chi connectivity index (χ2n) is 3.70. The van der Waals surface area contributed by atoms with Crippen LogP contribution in [0.4, 0.5) is 0 Å². The number of aliphatic hydroxyl groups excluding tert-OH is 1. The van der Waals surface area contributed by atoms with Gasteiger partial charge in [0, 0.05) is 0 Å². The molecule has 0 aromatic heterocycles. The Labute approximate surface area is 63.0 Å². The maximum Gasteiger partial charge on any atom is 0.103 e. The Balaban J connectivity index is 3.94. The number of nitrogens with zero attached hydrogens (tertiary/aromatic N) is 1. The van der Waals surface area contributed by atoms with Crippen LogP contribution in [0.2, 0.25) is 0 Å². The summed E-state index contributed by atoms with van der Waals surface area (Å²) in [5.41, 5.74) is 5.64. The van der Waals surface area contributed by atoms with Crippen LogP contribution < -0.4 is 5.73 Å². The van der Waals surface area contributed by atoms with Gasteiger partial charge in [-0.3, -0.25) is 0 Å². The van der Waals surface area contributed by atoms with Gasteiger partial charge in [-0.15, -0.1) is 0 Å². The quantitative estimate of drug-likeness (QED) is 0.524. The lowest BCUT2D eigenvalue weighted by atomic mass is 10.1. The molecule has 3 heteroatoms. The zero-order valence-electron chi connectivity index (χ0n) is 7.33. The first kappa shape index (κ1) is 9.88. The Morgan fingerprint density at radius 1 is 1.40 bits per heavy atom. The monoisotopic (exact) mass is 147 g/mol. The van der Waals surface area contributed by atoms with Gasteiger partial charge < -0.3 is 15.3 Å². The summed E-state index contributed by atoms with van der Waals surface area (Å²) in [4.78, 5) is 0. The molecule has 0 spiro atoms. The van der Waals surface area contributed by atoms with E-state index in [1.165, 1.54) is 0 Å². The topological polar surface area (TPSA) is 46.2 Å². The number of rotatable bonds is 3. The second kappa shape index (κ2) is 3.32. The van der Waals surface area contributed by atoms with Crippen LogP contribution in [0.15, 0.2) is 0 Å². The minimum Gasteiger partial charge on any atom is -0.395 e. The number of quaternary nitrogens is 1. The summed E-state index contributed by atoms with van der Waals surface area (Å²) >= 11 is 0. The summed E-state index contributed by atoms with van der Waals surface area (Å²) < 4.78 is 0.793. The van der Waals surface area contributed by atoms with Crippen molar-refractivity contribution in [1.82, 2.24) is 0 Å². The van der Waals surface area contributed by atoms with Crippen molar-refractivity contribution in [2.24, 2.45) is 5.73 Å². The fraction of sp³-hybridized carbons (Fsp3) is 1.00. The van der Waals surface area contributed by atoms with E-state index >= 15 is 0 Å². The minimum atomic E-state index is -0.111. The molecule has 3 nitrogen and oxygen atoms in total. The molecule has 0 fully saturated rings. The van der Waals surface area contributed by atoms with Crippen molar-refractivity contribution in [1.29, 1.82) is 0 Å². The summed E-state index contributed by atoms with van der Waals surface area (Å²) in [6, 6.07) is 0.185. The van der Waals surface area contributed by atoms with Gasteiger partial charge in [0.1, 0.15) is 6.04 Å². The van der Waals surface area contributed by atoms with Crippen LogP contribution >= 0.6 is 0 Å². The Morgan fingerprint density at radius 3 is 1.90 bits per heavy atom. The van der Waals surface area contributed by atoms with Crippen LogP contribution in [0.3, 0.4) is 0 Å². The number of likely N-dealkylation sites (N-methyl/N-ethyl adjacent to an activating group) is 1. The highest BCUT2D eigenvalue weighted by atomic mass is 16.3. The third-order valence-corrected chi connectivity index (χ3v) is 2.05. The van der Waals surface area contributed by atoms with Crippen molar-refractivity contribution in [2.75, 3.05) is 27.7 Å². The van der Waals surface area contributed by atoms with E-state index in [-0.39, 0.29) is 12.6 Å². The molecule has 10 heavy (non-hydrogen) atoms. The van der Waals surface area contributed by atoms with Gasteiger partial charge in [0.2, 0.25) is 0 Å². The highest BCUT2D eigenvalue weighted by Gasteiger charge is 2.24. The van der Waals surface area contributed by atoms with Gasteiger partial charge in [-0.05, 0) is 6.92 Å². The van der Waals surface area contributed by atoms with Crippen molar-refractivity contribution < 1.29 is 9.59 Å². The molecule has 0 saturated heterocycles. The summed E-state index contributed by atoms with van der Waals surface area (Å²) in [7, 11) is 6.21. The molecular formula is C7H19N2O+. The molecule has 0 aromatic carbocycles. The first-order valence-electron chi connectivity index (χ1n) is 3.57. The largest absolute Gasteiger partial charge is 0.395 e. The molecule has 0 aliphatic carbocycles. The summed E-state index contributed by atoms with van der Waals surface area (Å²) in [5, 5.41) is 8.73. The molecular weight excluding hydrogens is 128 g/mol. The van der Waals surface area contributed by atoms with Crippen LogP contribution in [0, 0.1) is 0 Å². The predicted molar refractivity (Wildman–Crippen MR) is 42.6 cm³/mol. The van der Waals surface area contributed by atoms with Crippen LogP contribution in [-0.4, -0.2) is 49.4 Å². The van der Waals surface area contributed by atoms with Crippen molar-refractivity contribution in [3.05, 3.63) is 0 Å². The van der Waals surface area contributed by atoms with E-state index in [2.05, 4.69) is 21.1 Å². The Bertz CT molecular complexity index is 98.3. The average Bonchev–Trinajstić information content (AvgIpc) is 1.83. The summed E-state index contributed by atoms with van der Waals surface area (Å²) in [5.74, 6) is 0. The van der Waals surface area contributed by atoms with E-state index in [1.54, 1.807) is 0 Å². The lowest BCUT2D eigenvalue weighted by molar-refractivity contribution is -0.895. The van der Waals surface area contributed by atoms with E-state index in [1.807, 2.05) is 6.92 Å². The van der Waals surface area contributed by atoms with Gasteiger partial charge in [0.15, 0.2) is 0 Å². The molecule has 0 aliphatic heterocycles. The van der Waals surface area contributed by atoms with Gasteiger partial charge in [-0.25, -0.2) is 0 Å². The molecule has 0 heterocycles. The normalized spacial score (nSPS) is 18.6. The van der Waals surface area contributed by atoms with Crippen molar-refractivity contribution in [2.45, 2.75) is 19.0 Å². The SMILES string of the molecule is CC(C(N)CO)[N+](C)(C)C. The van der Waals surface area contributed by atoms with E-state index in [0.29, 0.717) is 6.04 Å². The standard InChI is InChI=1S/C7H19N2O/c1-6(7(8)5-10)9(2,3)4/h6-7,10H,5,8H2,1-4H3/q+1. The Morgan fingerprint density at radius 2 is 1.80 bits per heavy atom. The van der Waals surface area contributed by atoms with Crippen LogP contribution in [0.5, 0.6) is 0 Å². The smallest absolute Gasteiger partial charge is 0.103 e. The highest BCUT2D eigenvalue weighted by molar-refractivity contribution is 4.66. The summed E-state index contributed by atoms with van der Waals surface area (Å²) in [6.07, 6.45) is 0. The molecule has 0 radical (unpaired) electrons. The van der Waals surface area contributed by atoms with Crippen molar-refractivity contribution in [3.63, 3.8) is 0 Å². The van der Waals surface area contributed by atoms with E-state index in [4.69, 9.17) is 10.8 Å². The fourth-order valence-corrected chi connectivity index (χ4v) is 0.727. The summed E-state index contributed by atoms with van der Waals surface area (Å²) in [6.45, 7) is 2.11. The zero-order chi connectivity index (χ0) is 8.36. The third-order valence-electron chi connectivity index (χ3n) is 2.05. The lowest BCUT2D eigenvalue weighted by Gasteiger charge is -2.34. The zero-order valence-corrected chi connectivity index (χ0v) is 7.33. The molecule has 0 aliphatic rings. The molecule has 0 aromatic rings. The minimum absolute atomic E-state index is 0.0662.